The van der Waals surface area contributed by atoms with Crippen molar-refractivity contribution in [2.45, 2.75) is 6.92 Å². The molecular weight excluding hydrogens is 438 g/mol. The molecule has 8 nitrogen and oxygen atoms in total. The number of rotatable bonds is 11. The van der Waals surface area contributed by atoms with E-state index >= 15 is 0 Å². The first kappa shape index (κ1) is 24.3. The molecule has 3 aromatic carbocycles. The third-order valence-corrected chi connectivity index (χ3v) is 4.46. The second kappa shape index (κ2) is 12.6. The van der Waals surface area contributed by atoms with Crippen molar-refractivity contribution in [3.05, 3.63) is 90.0 Å². The van der Waals surface area contributed by atoms with Gasteiger partial charge < -0.3 is 18.9 Å². The molecule has 0 atom stereocenters. The Labute approximate surface area is 197 Å². The Morgan fingerprint density at radius 2 is 1.41 bits per heavy atom. The van der Waals surface area contributed by atoms with E-state index in [1.165, 1.54) is 12.1 Å². The minimum absolute atomic E-state index is 0.179. The summed E-state index contributed by atoms with van der Waals surface area (Å²) >= 11 is 0. The predicted octanol–water partition coefficient (Wildman–Crippen LogP) is 3.66. The highest BCUT2D eigenvalue weighted by Gasteiger charge is 2.16. The number of hydrogen-bond donors (Lipinski definition) is 1. The molecule has 0 bridgehead atoms. The lowest BCUT2D eigenvalue weighted by Crippen LogP contribution is -2.34. The van der Waals surface area contributed by atoms with Crippen molar-refractivity contribution in [3.8, 4) is 17.2 Å². The van der Waals surface area contributed by atoms with Gasteiger partial charge in [-0.25, -0.2) is 4.79 Å². The van der Waals surface area contributed by atoms with E-state index in [2.05, 4.69) is 5.32 Å². The summed E-state index contributed by atoms with van der Waals surface area (Å²) in [5.41, 5.74) is 0.506. The SMILES string of the molecule is CCOc1cc(C(=O)OCC(=O)NC(=O)c2ccccc2)ccc1OCCOc1ccccc1. The van der Waals surface area contributed by atoms with Gasteiger partial charge in [-0.3, -0.25) is 14.9 Å². The van der Waals surface area contributed by atoms with Gasteiger partial charge >= 0.3 is 5.97 Å². The van der Waals surface area contributed by atoms with Crippen LogP contribution >= 0.6 is 0 Å². The van der Waals surface area contributed by atoms with Gasteiger partial charge in [0, 0.05) is 5.56 Å². The van der Waals surface area contributed by atoms with Crippen LogP contribution in [0.15, 0.2) is 78.9 Å². The number of hydrogen-bond acceptors (Lipinski definition) is 7. The molecule has 3 aromatic rings. The van der Waals surface area contributed by atoms with Gasteiger partial charge in [-0.05, 0) is 49.4 Å². The van der Waals surface area contributed by atoms with E-state index in [1.54, 1.807) is 43.3 Å². The van der Waals surface area contributed by atoms with E-state index in [0.29, 0.717) is 30.3 Å². The van der Waals surface area contributed by atoms with Crippen molar-refractivity contribution in [2.24, 2.45) is 0 Å². The molecule has 0 spiro atoms. The highest BCUT2D eigenvalue weighted by Crippen LogP contribution is 2.29. The minimum Gasteiger partial charge on any atom is -0.490 e. The Morgan fingerprint density at radius 1 is 0.735 bits per heavy atom. The zero-order valence-electron chi connectivity index (χ0n) is 18.7. The van der Waals surface area contributed by atoms with Crippen LogP contribution in [0.1, 0.15) is 27.6 Å². The molecule has 0 unspecified atom stereocenters. The lowest BCUT2D eigenvalue weighted by molar-refractivity contribution is -0.123. The second-order valence-corrected chi connectivity index (χ2v) is 6.92. The van der Waals surface area contributed by atoms with Gasteiger partial charge in [0.25, 0.3) is 11.8 Å². The van der Waals surface area contributed by atoms with Crippen LogP contribution in [0.5, 0.6) is 17.2 Å². The van der Waals surface area contributed by atoms with Crippen LogP contribution < -0.4 is 19.5 Å². The standard InChI is InChI=1S/C26H25NO7/c1-2-31-23-17-20(13-14-22(23)33-16-15-32-21-11-7-4-8-12-21)26(30)34-18-24(28)27-25(29)19-9-5-3-6-10-19/h3-14,17H,2,15-16,18H2,1H3,(H,27,28,29). The molecule has 0 saturated heterocycles. The number of amides is 2. The molecular formula is C26H25NO7. The third kappa shape index (κ3) is 7.37. The minimum atomic E-state index is -0.734. The van der Waals surface area contributed by atoms with Crippen LogP contribution in [0, 0.1) is 0 Å². The third-order valence-electron chi connectivity index (χ3n) is 4.46. The van der Waals surface area contributed by atoms with E-state index < -0.39 is 24.4 Å². The maximum absolute atomic E-state index is 12.4. The van der Waals surface area contributed by atoms with Crippen LogP contribution in [-0.4, -0.2) is 44.2 Å². The predicted molar refractivity (Wildman–Crippen MR) is 124 cm³/mol. The zero-order valence-corrected chi connectivity index (χ0v) is 18.7. The van der Waals surface area contributed by atoms with Crippen LogP contribution in [0.2, 0.25) is 0 Å². The molecule has 0 aliphatic heterocycles. The summed E-state index contributed by atoms with van der Waals surface area (Å²) in [6.07, 6.45) is 0. The van der Waals surface area contributed by atoms with E-state index in [1.807, 2.05) is 30.3 Å². The number of esters is 1. The molecule has 0 fully saturated rings. The fraction of sp³-hybridized carbons (Fsp3) is 0.192. The fourth-order valence-electron chi connectivity index (χ4n) is 2.89. The summed E-state index contributed by atoms with van der Waals surface area (Å²) in [6.45, 7) is 2.17. The van der Waals surface area contributed by atoms with Gasteiger partial charge in [0.05, 0.1) is 12.2 Å². The van der Waals surface area contributed by atoms with Crippen molar-refractivity contribution in [3.63, 3.8) is 0 Å². The quantitative estimate of drug-likeness (QED) is 0.342. The largest absolute Gasteiger partial charge is 0.490 e. The molecule has 2 amide bonds. The molecule has 0 radical (unpaired) electrons. The lowest BCUT2D eigenvalue weighted by Gasteiger charge is -2.14. The van der Waals surface area contributed by atoms with Crippen LogP contribution in [-0.2, 0) is 9.53 Å². The zero-order chi connectivity index (χ0) is 24.2. The molecule has 0 aromatic heterocycles. The average molecular weight is 463 g/mol. The molecule has 0 saturated carbocycles. The first-order valence-corrected chi connectivity index (χ1v) is 10.7. The monoisotopic (exact) mass is 463 g/mol. The molecule has 3 rings (SSSR count). The van der Waals surface area contributed by atoms with Crippen molar-refractivity contribution in [1.29, 1.82) is 0 Å². The Hall–Kier alpha value is -4.33. The highest BCUT2D eigenvalue weighted by atomic mass is 16.5. The summed E-state index contributed by atoms with van der Waals surface area (Å²) in [5, 5.41) is 2.17. The Bertz CT molecular complexity index is 1100. The first-order chi connectivity index (χ1) is 16.6. The molecule has 8 heteroatoms. The number of nitrogens with one attached hydrogen (secondary N) is 1. The van der Waals surface area contributed by atoms with Crippen molar-refractivity contribution >= 4 is 17.8 Å². The summed E-state index contributed by atoms with van der Waals surface area (Å²) in [4.78, 5) is 36.4. The maximum atomic E-state index is 12.4. The Kier molecular flexibility index (Phi) is 9.04. The lowest BCUT2D eigenvalue weighted by atomic mass is 10.2. The Morgan fingerprint density at radius 3 is 2.12 bits per heavy atom. The van der Waals surface area contributed by atoms with E-state index in [-0.39, 0.29) is 12.2 Å². The second-order valence-electron chi connectivity index (χ2n) is 6.92. The van der Waals surface area contributed by atoms with E-state index in [9.17, 15) is 14.4 Å². The number of ether oxygens (including phenoxy) is 4. The number of imide groups is 1. The van der Waals surface area contributed by atoms with Crippen molar-refractivity contribution in [2.75, 3.05) is 26.4 Å². The fourth-order valence-corrected chi connectivity index (χ4v) is 2.89. The first-order valence-electron chi connectivity index (χ1n) is 10.7. The molecule has 0 heterocycles. The smallest absolute Gasteiger partial charge is 0.338 e. The van der Waals surface area contributed by atoms with E-state index in [4.69, 9.17) is 18.9 Å². The van der Waals surface area contributed by atoms with Crippen LogP contribution in [0.4, 0.5) is 0 Å². The summed E-state index contributed by atoms with van der Waals surface area (Å²) in [5.74, 6) is -0.490. The van der Waals surface area contributed by atoms with Gasteiger partial charge in [0.1, 0.15) is 19.0 Å². The summed E-state index contributed by atoms with van der Waals surface area (Å²) < 4.78 is 21.9. The maximum Gasteiger partial charge on any atom is 0.338 e. The van der Waals surface area contributed by atoms with Crippen molar-refractivity contribution in [1.82, 2.24) is 5.32 Å². The number of para-hydroxylation sites is 1. The Balaban J connectivity index is 1.51. The number of carbonyl (C=O) groups is 3. The molecule has 1 N–H and O–H groups in total. The summed E-state index contributed by atoms with van der Waals surface area (Å²) in [7, 11) is 0. The summed E-state index contributed by atoms with van der Waals surface area (Å²) in [6, 6.07) is 22.2. The highest BCUT2D eigenvalue weighted by molar-refractivity contribution is 6.05. The van der Waals surface area contributed by atoms with Gasteiger partial charge in [0.15, 0.2) is 18.1 Å². The molecule has 34 heavy (non-hydrogen) atoms. The normalized spacial score (nSPS) is 10.1. The average Bonchev–Trinajstić information content (AvgIpc) is 2.87. The molecule has 0 aliphatic rings. The van der Waals surface area contributed by atoms with Gasteiger partial charge in [0.2, 0.25) is 0 Å². The molecule has 0 aliphatic carbocycles. The number of benzene rings is 3. The van der Waals surface area contributed by atoms with Crippen LogP contribution in [0.3, 0.4) is 0 Å². The van der Waals surface area contributed by atoms with Gasteiger partial charge in [-0.15, -0.1) is 0 Å². The van der Waals surface area contributed by atoms with Gasteiger partial charge in [-0.1, -0.05) is 36.4 Å². The number of carbonyl (C=O) groups excluding carboxylic acids is 3. The topological polar surface area (TPSA) is 100 Å². The molecule has 176 valence electrons. The van der Waals surface area contributed by atoms with Crippen molar-refractivity contribution < 1.29 is 33.3 Å². The van der Waals surface area contributed by atoms with Crippen LogP contribution in [0.25, 0.3) is 0 Å². The van der Waals surface area contributed by atoms with Gasteiger partial charge in [-0.2, -0.15) is 0 Å². The van der Waals surface area contributed by atoms with E-state index in [0.717, 1.165) is 5.75 Å².